The van der Waals surface area contributed by atoms with E-state index in [-0.39, 0.29) is 11.5 Å². The Morgan fingerprint density at radius 3 is 2.30 bits per heavy atom. The SMILES string of the molecule is COc1cc(Br)c(/C=C(/C#N)C(=O)N(C)C)cc1OC. The maximum absolute atomic E-state index is 11.8. The van der Waals surface area contributed by atoms with Crippen molar-refractivity contribution < 1.29 is 14.3 Å². The lowest BCUT2D eigenvalue weighted by Gasteiger charge is -2.11. The van der Waals surface area contributed by atoms with Gasteiger partial charge in [-0.1, -0.05) is 15.9 Å². The van der Waals surface area contributed by atoms with Gasteiger partial charge >= 0.3 is 0 Å². The molecular formula is C14H15BrN2O3. The molecule has 0 aliphatic rings. The van der Waals surface area contributed by atoms with Crippen molar-refractivity contribution in [2.45, 2.75) is 0 Å². The van der Waals surface area contributed by atoms with Gasteiger partial charge in [0.1, 0.15) is 11.6 Å². The molecule has 106 valence electrons. The lowest BCUT2D eigenvalue weighted by Crippen LogP contribution is -2.22. The van der Waals surface area contributed by atoms with Crippen LogP contribution in [0.4, 0.5) is 0 Å². The van der Waals surface area contributed by atoms with Gasteiger partial charge in [0.2, 0.25) is 0 Å². The molecule has 6 heteroatoms. The number of nitrogens with zero attached hydrogens (tertiary/aromatic N) is 2. The number of nitriles is 1. The van der Waals surface area contributed by atoms with Crippen LogP contribution in [0.3, 0.4) is 0 Å². The highest BCUT2D eigenvalue weighted by Crippen LogP contribution is 2.34. The maximum atomic E-state index is 11.8. The summed E-state index contributed by atoms with van der Waals surface area (Å²) in [5.41, 5.74) is 0.706. The molecule has 0 aromatic heterocycles. The number of hydrogen-bond donors (Lipinski definition) is 0. The minimum atomic E-state index is -0.353. The first kappa shape index (κ1) is 16.1. The highest BCUT2D eigenvalue weighted by atomic mass is 79.9. The molecule has 0 spiro atoms. The quantitative estimate of drug-likeness (QED) is 0.624. The van der Waals surface area contributed by atoms with E-state index in [0.717, 1.165) is 0 Å². The van der Waals surface area contributed by atoms with E-state index in [4.69, 9.17) is 14.7 Å². The van der Waals surface area contributed by atoms with Gasteiger partial charge in [0.05, 0.1) is 14.2 Å². The fourth-order valence-corrected chi connectivity index (χ4v) is 1.96. The van der Waals surface area contributed by atoms with Gasteiger partial charge in [-0.15, -0.1) is 0 Å². The van der Waals surface area contributed by atoms with Crippen molar-refractivity contribution in [1.29, 1.82) is 5.26 Å². The lowest BCUT2D eigenvalue weighted by atomic mass is 10.1. The van der Waals surface area contributed by atoms with E-state index in [2.05, 4.69) is 15.9 Å². The zero-order valence-electron chi connectivity index (χ0n) is 11.7. The molecule has 0 heterocycles. The molecule has 0 fully saturated rings. The Morgan fingerprint density at radius 1 is 1.30 bits per heavy atom. The number of halogens is 1. The third kappa shape index (κ3) is 3.52. The summed E-state index contributed by atoms with van der Waals surface area (Å²) in [5, 5.41) is 9.09. The Kier molecular flexibility index (Phi) is 5.59. The fraction of sp³-hybridized carbons (Fsp3) is 0.286. The van der Waals surface area contributed by atoms with Gasteiger partial charge in [0, 0.05) is 18.6 Å². The molecule has 0 bridgehead atoms. The standard InChI is InChI=1S/C14H15BrN2O3/c1-17(2)14(18)10(8-16)5-9-6-12(19-3)13(20-4)7-11(9)15/h5-7H,1-4H3/b10-5-. The van der Waals surface area contributed by atoms with Crippen LogP contribution in [0.15, 0.2) is 22.2 Å². The molecule has 1 aromatic carbocycles. The van der Waals surface area contributed by atoms with Crippen LogP contribution in [0.2, 0.25) is 0 Å². The van der Waals surface area contributed by atoms with Crippen LogP contribution in [0.1, 0.15) is 5.56 Å². The van der Waals surface area contributed by atoms with E-state index in [0.29, 0.717) is 21.5 Å². The average Bonchev–Trinajstić information content (AvgIpc) is 2.44. The van der Waals surface area contributed by atoms with Crippen molar-refractivity contribution in [3.05, 3.63) is 27.7 Å². The number of carbonyl (C=O) groups excluding carboxylic acids is 1. The average molecular weight is 339 g/mol. The zero-order chi connectivity index (χ0) is 15.3. The van der Waals surface area contributed by atoms with E-state index in [9.17, 15) is 4.79 Å². The minimum absolute atomic E-state index is 0.0444. The molecule has 20 heavy (non-hydrogen) atoms. The van der Waals surface area contributed by atoms with Gasteiger partial charge in [-0.3, -0.25) is 4.79 Å². The topological polar surface area (TPSA) is 62.6 Å². The molecule has 0 saturated heterocycles. The first-order valence-electron chi connectivity index (χ1n) is 5.69. The van der Waals surface area contributed by atoms with Gasteiger partial charge in [-0.2, -0.15) is 5.26 Å². The van der Waals surface area contributed by atoms with Gasteiger partial charge in [0.25, 0.3) is 5.91 Å². The van der Waals surface area contributed by atoms with Crippen molar-refractivity contribution in [2.24, 2.45) is 0 Å². The van der Waals surface area contributed by atoms with Crippen molar-refractivity contribution in [3.8, 4) is 17.6 Å². The summed E-state index contributed by atoms with van der Waals surface area (Å²) in [6.07, 6.45) is 1.51. The monoisotopic (exact) mass is 338 g/mol. The fourth-order valence-electron chi connectivity index (χ4n) is 1.52. The van der Waals surface area contributed by atoms with Crippen molar-refractivity contribution in [3.63, 3.8) is 0 Å². The van der Waals surface area contributed by atoms with Crippen molar-refractivity contribution >= 4 is 27.9 Å². The first-order valence-corrected chi connectivity index (χ1v) is 6.48. The normalized spacial score (nSPS) is 10.7. The predicted molar refractivity (Wildman–Crippen MR) is 79.5 cm³/mol. The van der Waals surface area contributed by atoms with Crippen molar-refractivity contribution in [2.75, 3.05) is 28.3 Å². The van der Waals surface area contributed by atoms with Crippen LogP contribution in [-0.4, -0.2) is 39.1 Å². The Balaban J connectivity index is 3.33. The van der Waals surface area contributed by atoms with E-state index in [1.54, 1.807) is 26.2 Å². The molecule has 0 atom stereocenters. The summed E-state index contributed by atoms with van der Waals surface area (Å²) in [6.45, 7) is 0. The Labute approximate surface area is 126 Å². The summed E-state index contributed by atoms with van der Waals surface area (Å²) in [4.78, 5) is 13.2. The molecule has 0 radical (unpaired) electrons. The summed E-state index contributed by atoms with van der Waals surface area (Å²) in [5.74, 6) is 0.736. The summed E-state index contributed by atoms with van der Waals surface area (Å²) in [7, 11) is 6.25. The molecule has 5 nitrogen and oxygen atoms in total. The Bertz CT molecular complexity index is 589. The predicted octanol–water partition coefficient (Wildman–Crippen LogP) is 2.46. The van der Waals surface area contributed by atoms with Crippen LogP contribution in [0.5, 0.6) is 11.5 Å². The second-order valence-electron chi connectivity index (χ2n) is 4.10. The van der Waals surface area contributed by atoms with E-state index in [1.807, 2.05) is 6.07 Å². The number of benzene rings is 1. The minimum Gasteiger partial charge on any atom is -0.493 e. The molecule has 0 aliphatic heterocycles. The summed E-state index contributed by atoms with van der Waals surface area (Å²) >= 11 is 3.38. The maximum Gasteiger partial charge on any atom is 0.264 e. The third-order valence-corrected chi connectivity index (χ3v) is 3.25. The highest BCUT2D eigenvalue weighted by Gasteiger charge is 2.14. The largest absolute Gasteiger partial charge is 0.493 e. The van der Waals surface area contributed by atoms with Crippen LogP contribution < -0.4 is 9.47 Å². The van der Waals surface area contributed by atoms with Crippen LogP contribution in [0, 0.1) is 11.3 Å². The lowest BCUT2D eigenvalue weighted by molar-refractivity contribution is -0.124. The van der Waals surface area contributed by atoms with Gasteiger partial charge in [-0.25, -0.2) is 0 Å². The smallest absolute Gasteiger partial charge is 0.264 e. The molecule has 0 aliphatic carbocycles. The van der Waals surface area contributed by atoms with Crippen LogP contribution in [-0.2, 0) is 4.79 Å². The molecular weight excluding hydrogens is 324 g/mol. The van der Waals surface area contributed by atoms with Crippen molar-refractivity contribution in [1.82, 2.24) is 4.90 Å². The molecule has 1 rings (SSSR count). The van der Waals surface area contributed by atoms with Gasteiger partial charge in [0.15, 0.2) is 11.5 Å². The molecule has 0 unspecified atom stereocenters. The summed E-state index contributed by atoms with van der Waals surface area (Å²) in [6, 6.07) is 5.32. The second kappa shape index (κ2) is 6.96. The van der Waals surface area contributed by atoms with Crippen LogP contribution >= 0.6 is 15.9 Å². The molecule has 0 N–H and O–H groups in total. The highest BCUT2D eigenvalue weighted by molar-refractivity contribution is 9.10. The van der Waals surface area contributed by atoms with Gasteiger partial charge in [-0.05, 0) is 23.8 Å². The molecule has 1 aromatic rings. The number of ether oxygens (including phenoxy) is 2. The molecule has 0 saturated carbocycles. The number of amides is 1. The number of hydrogen-bond acceptors (Lipinski definition) is 4. The summed E-state index contributed by atoms with van der Waals surface area (Å²) < 4.78 is 11.1. The molecule has 1 amide bonds. The number of likely N-dealkylation sites (N-methyl/N-ethyl adjacent to an activating group) is 1. The number of rotatable bonds is 4. The van der Waals surface area contributed by atoms with Gasteiger partial charge < -0.3 is 14.4 Å². The second-order valence-corrected chi connectivity index (χ2v) is 4.95. The zero-order valence-corrected chi connectivity index (χ0v) is 13.3. The first-order chi connectivity index (χ1) is 9.44. The Hall–Kier alpha value is -2.00. The van der Waals surface area contributed by atoms with E-state index < -0.39 is 0 Å². The van der Waals surface area contributed by atoms with E-state index in [1.165, 1.54) is 25.2 Å². The van der Waals surface area contributed by atoms with Crippen LogP contribution in [0.25, 0.3) is 6.08 Å². The van der Waals surface area contributed by atoms with E-state index >= 15 is 0 Å². The Morgan fingerprint density at radius 2 is 1.85 bits per heavy atom. The number of methoxy groups -OCH3 is 2. The third-order valence-electron chi connectivity index (χ3n) is 2.56. The number of carbonyl (C=O) groups is 1.